The Balaban J connectivity index is 1.95. The summed E-state index contributed by atoms with van der Waals surface area (Å²) in [5, 5.41) is 0.667. The molecule has 4 heteroatoms. The van der Waals surface area contributed by atoms with Crippen LogP contribution in [0.3, 0.4) is 0 Å². The van der Waals surface area contributed by atoms with E-state index in [-0.39, 0.29) is 18.6 Å². The van der Waals surface area contributed by atoms with Crippen LogP contribution < -0.4 is 4.74 Å². The van der Waals surface area contributed by atoms with E-state index in [4.69, 9.17) is 16.3 Å². The van der Waals surface area contributed by atoms with Crippen LogP contribution in [0.1, 0.15) is 18.5 Å². The summed E-state index contributed by atoms with van der Waals surface area (Å²) >= 11 is 5.99. The highest BCUT2D eigenvalue weighted by atomic mass is 35.5. The molecule has 1 atom stereocenters. The van der Waals surface area contributed by atoms with Crippen molar-refractivity contribution in [1.29, 1.82) is 0 Å². The zero-order chi connectivity index (χ0) is 15.2. The molecule has 0 saturated carbocycles. The van der Waals surface area contributed by atoms with Crippen LogP contribution in [-0.2, 0) is 4.79 Å². The summed E-state index contributed by atoms with van der Waals surface area (Å²) in [5.74, 6) is 0.612. The standard InChI is InChI=1S/C17H18ClNO2/c1-13(14-7-6-8-15(18)11-14)19(2)17(20)12-21-16-9-4-3-5-10-16/h3-11,13H,12H2,1-2H3. The number of amides is 1. The SMILES string of the molecule is CC(c1cccc(Cl)c1)N(C)C(=O)COc1ccccc1. The maximum atomic E-state index is 12.2. The molecule has 110 valence electrons. The van der Waals surface area contributed by atoms with Gasteiger partial charge in [0, 0.05) is 12.1 Å². The van der Waals surface area contributed by atoms with Gasteiger partial charge < -0.3 is 9.64 Å². The Morgan fingerprint density at radius 3 is 2.57 bits per heavy atom. The van der Waals surface area contributed by atoms with Crippen LogP contribution >= 0.6 is 11.6 Å². The molecule has 0 heterocycles. The first-order valence-electron chi connectivity index (χ1n) is 6.77. The molecular weight excluding hydrogens is 286 g/mol. The number of para-hydroxylation sites is 1. The summed E-state index contributed by atoms with van der Waals surface area (Å²) in [5.41, 5.74) is 0.998. The van der Waals surface area contributed by atoms with Gasteiger partial charge >= 0.3 is 0 Å². The third kappa shape index (κ3) is 4.23. The third-order valence-electron chi connectivity index (χ3n) is 3.41. The van der Waals surface area contributed by atoms with Crippen molar-refractivity contribution in [3.63, 3.8) is 0 Å². The molecule has 0 spiro atoms. The van der Waals surface area contributed by atoms with Crippen LogP contribution in [0.5, 0.6) is 5.75 Å². The summed E-state index contributed by atoms with van der Waals surface area (Å²) in [7, 11) is 1.77. The second-order valence-electron chi connectivity index (χ2n) is 4.84. The molecule has 0 aliphatic rings. The van der Waals surface area contributed by atoms with Crippen LogP contribution in [0.4, 0.5) is 0 Å². The molecule has 0 N–H and O–H groups in total. The van der Waals surface area contributed by atoms with Gasteiger partial charge in [-0.3, -0.25) is 4.79 Å². The van der Waals surface area contributed by atoms with Crippen LogP contribution in [0.15, 0.2) is 54.6 Å². The Hall–Kier alpha value is -2.00. The first-order chi connectivity index (χ1) is 10.1. The number of halogens is 1. The van der Waals surface area contributed by atoms with Crippen LogP contribution in [0.2, 0.25) is 5.02 Å². The molecule has 0 radical (unpaired) electrons. The van der Waals surface area contributed by atoms with E-state index < -0.39 is 0 Å². The van der Waals surface area contributed by atoms with E-state index in [1.54, 1.807) is 11.9 Å². The van der Waals surface area contributed by atoms with Crippen molar-refractivity contribution in [2.45, 2.75) is 13.0 Å². The molecule has 0 fully saturated rings. The molecule has 21 heavy (non-hydrogen) atoms. The zero-order valence-electron chi connectivity index (χ0n) is 12.1. The van der Waals surface area contributed by atoms with Crippen molar-refractivity contribution in [3.8, 4) is 5.75 Å². The van der Waals surface area contributed by atoms with Crippen molar-refractivity contribution in [2.24, 2.45) is 0 Å². The van der Waals surface area contributed by atoms with E-state index in [9.17, 15) is 4.79 Å². The molecule has 1 amide bonds. The van der Waals surface area contributed by atoms with Crippen molar-refractivity contribution in [2.75, 3.05) is 13.7 Å². The maximum Gasteiger partial charge on any atom is 0.260 e. The van der Waals surface area contributed by atoms with Gasteiger partial charge in [0.05, 0.1) is 6.04 Å². The van der Waals surface area contributed by atoms with Gasteiger partial charge in [0.15, 0.2) is 6.61 Å². The quantitative estimate of drug-likeness (QED) is 0.837. The highest BCUT2D eigenvalue weighted by molar-refractivity contribution is 6.30. The lowest BCUT2D eigenvalue weighted by Crippen LogP contribution is -2.33. The van der Waals surface area contributed by atoms with E-state index in [1.807, 2.05) is 61.5 Å². The van der Waals surface area contributed by atoms with Crippen molar-refractivity contribution in [3.05, 3.63) is 65.2 Å². The predicted molar refractivity (Wildman–Crippen MR) is 84.6 cm³/mol. The van der Waals surface area contributed by atoms with Gasteiger partial charge in [-0.05, 0) is 36.8 Å². The van der Waals surface area contributed by atoms with E-state index in [2.05, 4.69) is 0 Å². The van der Waals surface area contributed by atoms with Crippen molar-refractivity contribution in [1.82, 2.24) is 4.90 Å². The number of benzene rings is 2. The lowest BCUT2D eigenvalue weighted by atomic mass is 10.1. The average molecular weight is 304 g/mol. The number of rotatable bonds is 5. The normalized spacial score (nSPS) is 11.8. The molecule has 3 nitrogen and oxygen atoms in total. The lowest BCUT2D eigenvalue weighted by Gasteiger charge is -2.25. The minimum absolute atomic E-state index is 0.0193. The average Bonchev–Trinajstić information content (AvgIpc) is 2.52. The van der Waals surface area contributed by atoms with E-state index in [0.29, 0.717) is 10.8 Å². The molecule has 2 aromatic carbocycles. The first kappa shape index (κ1) is 15.4. The van der Waals surface area contributed by atoms with Gasteiger partial charge in [0.2, 0.25) is 0 Å². The Morgan fingerprint density at radius 1 is 1.19 bits per heavy atom. The molecule has 0 bridgehead atoms. The molecule has 0 aliphatic heterocycles. The predicted octanol–water partition coefficient (Wildman–Crippen LogP) is 3.94. The largest absolute Gasteiger partial charge is 0.484 e. The minimum Gasteiger partial charge on any atom is -0.484 e. The molecule has 0 aromatic heterocycles. The summed E-state index contributed by atoms with van der Waals surface area (Å²) in [4.78, 5) is 13.8. The monoisotopic (exact) mass is 303 g/mol. The van der Waals surface area contributed by atoms with E-state index >= 15 is 0 Å². The number of ether oxygens (including phenoxy) is 1. The fourth-order valence-corrected chi connectivity index (χ4v) is 2.17. The lowest BCUT2D eigenvalue weighted by molar-refractivity contribution is -0.134. The number of carbonyl (C=O) groups excluding carboxylic acids is 1. The van der Waals surface area contributed by atoms with Crippen molar-refractivity contribution >= 4 is 17.5 Å². The smallest absolute Gasteiger partial charge is 0.260 e. The Bertz CT molecular complexity index is 601. The van der Waals surface area contributed by atoms with Crippen LogP contribution in [0, 0.1) is 0 Å². The molecule has 0 saturated heterocycles. The van der Waals surface area contributed by atoms with Gasteiger partial charge in [-0.1, -0.05) is 41.9 Å². The molecular formula is C17H18ClNO2. The van der Waals surface area contributed by atoms with Crippen LogP contribution in [0.25, 0.3) is 0 Å². The number of hydrogen-bond donors (Lipinski definition) is 0. The van der Waals surface area contributed by atoms with Gasteiger partial charge in [0.25, 0.3) is 5.91 Å². The van der Waals surface area contributed by atoms with Gasteiger partial charge in [-0.2, -0.15) is 0 Å². The van der Waals surface area contributed by atoms with Gasteiger partial charge in [0.1, 0.15) is 5.75 Å². The summed E-state index contributed by atoms with van der Waals surface area (Å²) in [6, 6.07) is 16.8. The highest BCUT2D eigenvalue weighted by Crippen LogP contribution is 2.22. The second kappa shape index (κ2) is 7.14. The molecule has 1 unspecified atom stereocenters. The second-order valence-corrected chi connectivity index (χ2v) is 5.27. The van der Waals surface area contributed by atoms with E-state index in [1.165, 1.54) is 0 Å². The number of hydrogen-bond acceptors (Lipinski definition) is 2. The Kier molecular flexibility index (Phi) is 5.23. The van der Waals surface area contributed by atoms with Gasteiger partial charge in [-0.25, -0.2) is 0 Å². The van der Waals surface area contributed by atoms with Gasteiger partial charge in [-0.15, -0.1) is 0 Å². The fraction of sp³-hybridized carbons (Fsp3) is 0.235. The maximum absolute atomic E-state index is 12.2. The van der Waals surface area contributed by atoms with Crippen LogP contribution in [-0.4, -0.2) is 24.5 Å². The Labute approximate surface area is 130 Å². The fourth-order valence-electron chi connectivity index (χ4n) is 1.97. The molecule has 0 aliphatic carbocycles. The van der Waals surface area contributed by atoms with E-state index in [0.717, 1.165) is 5.56 Å². The first-order valence-corrected chi connectivity index (χ1v) is 7.14. The third-order valence-corrected chi connectivity index (χ3v) is 3.65. The highest BCUT2D eigenvalue weighted by Gasteiger charge is 2.18. The zero-order valence-corrected chi connectivity index (χ0v) is 12.9. The summed E-state index contributed by atoms with van der Waals surface area (Å²) in [6.45, 7) is 1.98. The molecule has 2 rings (SSSR count). The minimum atomic E-state index is -0.0775. The van der Waals surface area contributed by atoms with Crippen molar-refractivity contribution < 1.29 is 9.53 Å². The summed E-state index contributed by atoms with van der Waals surface area (Å²) in [6.07, 6.45) is 0. The number of likely N-dealkylation sites (N-methyl/N-ethyl adjacent to an activating group) is 1. The number of nitrogens with zero attached hydrogens (tertiary/aromatic N) is 1. The molecule has 2 aromatic rings. The summed E-state index contributed by atoms with van der Waals surface area (Å²) < 4.78 is 5.48. The number of carbonyl (C=O) groups is 1. The Morgan fingerprint density at radius 2 is 1.90 bits per heavy atom. The topological polar surface area (TPSA) is 29.5 Å².